The number of aliphatic carboxylic acids is 1. The summed E-state index contributed by atoms with van der Waals surface area (Å²) in [5.74, 6) is -1.98. The molecule has 0 bridgehead atoms. The lowest BCUT2D eigenvalue weighted by molar-refractivity contribution is -0.138. The maximum atomic E-state index is 12.2. The third-order valence-electron chi connectivity index (χ3n) is 3.13. The molecule has 0 radical (unpaired) electrons. The number of carbonyl (C=O) groups is 3. The van der Waals surface area contributed by atoms with E-state index < -0.39 is 24.5 Å². The molecular formula is C17H25N3O4. The first-order valence-corrected chi connectivity index (χ1v) is 7.75. The molecule has 0 saturated carbocycles. The van der Waals surface area contributed by atoms with Crippen LogP contribution in [0.4, 0.5) is 0 Å². The Morgan fingerprint density at radius 3 is 2.25 bits per heavy atom. The molecule has 132 valence electrons. The van der Waals surface area contributed by atoms with E-state index in [1.54, 1.807) is 0 Å². The molecule has 1 unspecified atom stereocenters. The van der Waals surface area contributed by atoms with Crippen molar-refractivity contribution in [3.8, 4) is 0 Å². The van der Waals surface area contributed by atoms with Crippen molar-refractivity contribution in [2.24, 2.45) is 0 Å². The molecule has 1 aromatic carbocycles. The Kier molecular flexibility index (Phi) is 7.38. The van der Waals surface area contributed by atoms with Gasteiger partial charge >= 0.3 is 5.97 Å². The monoisotopic (exact) mass is 335 g/mol. The fourth-order valence-corrected chi connectivity index (χ4v) is 1.94. The van der Waals surface area contributed by atoms with Crippen molar-refractivity contribution in [1.82, 2.24) is 16.0 Å². The summed E-state index contributed by atoms with van der Waals surface area (Å²) in [6.45, 7) is 5.38. The number of rotatable bonds is 8. The van der Waals surface area contributed by atoms with Gasteiger partial charge in [-0.3, -0.25) is 14.4 Å². The molecule has 0 heterocycles. The van der Waals surface area contributed by atoms with Gasteiger partial charge in [-0.15, -0.1) is 0 Å². The smallest absolute Gasteiger partial charge is 0.322 e. The number of amides is 2. The Hall–Kier alpha value is -2.41. The lowest BCUT2D eigenvalue weighted by Crippen LogP contribution is -2.52. The van der Waals surface area contributed by atoms with E-state index in [1.165, 1.54) is 0 Å². The zero-order chi connectivity index (χ0) is 18.2. The lowest BCUT2D eigenvalue weighted by atomic mass is 10.0. The number of carboxylic acids is 1. The van der Waals surface area contributed by atoms with Crippen LogP contribution < -0.4 is 16.0 Å². The molecule has 1 atom stereocenters. The van der Waals surface area contributed by atoms with Crippen LogP contribution in [0.3, 0.4) is 0 Å². The molecular weight excluding hydrogens is 310 g/mol. The van der Waals surface area contributed by atoms with E-state index in [2.05, 4.69) is 16.0 Å². The predicted octanol–water partition coefficient (Wildman–Crippen LogP) is 0.303. The second-order valence-electron chi connectivity index (χ2n) is 6.52. The van der Waals surface area contributed by atoms with E-state index in [9.17, 15) is 14.4 Å². The van der Waals surface area contributed by atoms with Gasteiger partial charge in [-0.25, -0.2) is 0 Å². The number of hydrogen-bond donors (Lipinski definition) is 4. The van der Waals surface area contributed by atoms with Crippen LogP contribution in [0.5, 0.6) is 0 Å². The minimum atomic E-state index is -1.14. The van der Waals surface area contributed by atoms with E-state index in [0.717, 1.165) is 5.56 Å². The molecule has 0 fully saturated rings. The van der Waals surface area contributed by atoms with E-state index in [1.807, 2.05) is 51.1 Å². The average molecular weight is 335 g/mol. The first kappa shape index (κ1) is 19.6. The van der Waals surface area contributed by atoms with Gasteiger partial charge in [-0.2, -0.15) is 0 Å². The number of carboxylic acid groups (broad SMARTS) is 1. The summed E-state index contributed by atoms with van der Waals surface area (Å²) in [5, 5.41) is 16.7. The van der Waals surface area contributed by atoms with E-state index in [4.69, 9.17) is 5.11 Å². The number of benzene rings is 1. The first-order chi connectivity index (χ1) is 11.2. The molecule has 7 heteroatoms. The molecule has 24 heavy (non-hydrogen) atoms. The molecule has 1 aromatic rings. The van der Waals surface area contributed by atoms with Crippen LogP contribution in [0.25, 0.3) is 0 Å². The van der Waals surface area contributed by atoms with Gasteiger partial charge < -0.3 is 21.1 Å². The Labute approximate surface area is 141 Å². The van der Waals surface area contributed by atoms with Crippen molar-refractivity contribution < 1.29 is 19.5 Å². The van der Waals surface area contributed by atoms with Crippen LogP contribution in [0.2, 0.25) is 0 Å². The third-order valence-corrected chi connectivity index (χ3v) is 3.13. The van der Waals surface area contributed by atoms with Crippen molar-refractivity contribution >= 4 is 17.8 Å². The molecule has 0 aliphatic heterocycles. The summed E-state index contributed by atoms with van der Waals surface area (Å²) in [5.41, 5.74) is 0.648. The molecule has 7 nitrogen and oxygen atoms in total. The Balaban J connectivity index is 2.71. The highest BCUT2D eigenvalue weighted by molar-refractivity contribution is 5.90. The van der Waals surface area contributed by atoms with Crippen LogP contribution in [0, 0.1) is 0 Å². The Bertz CT molecular complexity index is 567. The summed E-state index contributed by atoms with van der Waals surface area (Å²) in [6.07, 6.45) is 0.285. The van der Waals surface area contributed by atoms with Gasteiger partial charge in [0, 0.05) is 12.0 Å². The van der Waals surface area contributed by atoms with Crippen LogP contribution in [0.1, 0.15) is 26.3 Å². The van der Waals surface area contributed by atoms with E-state index >= 15 is 0 Å². The Morgan fingerprint density at radius 1 is 1.08 bits per heavy atom. The van der Waals surface area contributed by atoms with E-state index in [0.29, 0.717) is 0 Å². The van der Waals surface area contributed by atoms with Gasteiger partial charge in [-0.1, -0.05) is 30.3 Å². The molecule has 2 amide bonds. The maximum Gasteiger partial charge on any atom is 0.322 e. The minimum absolute atomic E-state index is 0.0704. The third kappa shape index (κ3) is 8.28. The van der Waals surface area contributed by atoms with Crippen molar-refractivity contribution in [3.63, 3.8) is 0 Å². The summed E-state index contributed by atoms with van der Waals surface area (Å²) < 4.78 is 0. The summed E-state index contributed by atoms with van der Waals surface area (Å²) in [6, 6.07) is 8.39. The fraction of sp³-hybridized carbons (Fsp3) is 0.471. The number of hydrogen-bond acceptors (Lipinski definition) is 4. The van der Waals surface area contributed by atoms with Gasteiger partial charge in [0.25, 0.3) is 0 Å². The van der Waals surface area contributed by atoms with Crippen molar-refractivity contribution in [3.05, 3.63) is 35.9 Å². The number of nitrogens with one attached hydrogen (secondary N) is 3. The molecule has 0 aliphatic rings. The molecule has 0 spiro atoms. The van der Waals surface area contributed by atoms with Gasteiger partial charge in [0.15, 0.2) is 0 Å². The molecule has 0 saturated heterocycles. The highest BCUT2D eigenvalue weighted by Gasteiger charge is 2.22. The van der Waals surface area contributed by atoms with Crippen LogP contribution >= 0.6 is 0 Å². The quantitative estimate of drug-likeness (QED) is 0.547. The maximum absolute atomic E-state index is 12.2. The minimum Gasteiger partial charge on any atom is -0.480 e. The summed E-state index contributed by atoms with van der Waals surface area (Å²) in [7, 11) is 0. The van der Waals surface area contributed by atoms with Crippen LogP contribution in [0.15, 0.2) is 30.3 Å². The van der Waals surface area contributed by atoms with Crippen molar-refractivity contribution in [1.29, 1.82) is 0 Å². The Morgan fingerprint density at radius 2 is 1.71 bits per heavy atom. The van der Waals surface area contributed by atoms with Crippen LogP contribution in [-0.4, -0.2) is 47.6 Å². The van der Waals surface area contributed by atoms with Crippen molar-refractivity contribution in [2.45, 2.75) is 38.8 Å². The molecule has 0 aromatic heterocycles. The standard InChI is InChI=1S/C17H25N3O4/c1-17(2,3)19-10-14(21)20-13(16(24)18-11-15(22)23)9-12-7-5-4-6-8-12/h4-8,13,19H,9-11H2,1-3H3,(H,18,24)(H,20,21)(H,22,23). The topological polar surface area (TPSA) is 108 Å². The molecule has 0 aliphatic carbocycles. The fourth-order valence-electron chi connectivity index (χ4n) is 1.94. The highest BCUT2D eigenvalue weighted by atomic mass is 16.4. The zero-order valence-corrected chi connectivity index (χ0v) is 14.3. The SMILES string of the molecule is CC(C)(C)NCC(=O)NC(Cc1ccccc1)C(=O)NCC(=O)O. The van der Waals surface area contributed by atoms with Crippen LogP contribution in [-0.2, 0) is 20.8 Å². The van der Waals surface area contributed by atoms with Gasteiger partial charge in [0.1, 0.15) is 12.6 Å². The van der Waals surface area contributed by atoms with Gasteiger partial charge in [-0.05, 0) is 26.3 Å². The first-order valence-electron chi connectivity index (χ1n) is 7.75. The summed E-state index contributed by atoms with van der Waals surface area (Å²) >= 11 is 0. The van der Waals surface area contributed by atoms with Gasteiger partial charge in [0.2, 0.25) is 11.8 Å². The average Bonchev–Trinajstić information content (AvgIpc) is 2.50. The second-order valence-corrected chi connectivity index (χ2v) is 6.52. The number of carbonyl (C=O) groups excluding carboxylic acids is 2. The van der Waals surface area contributed by atoms with E-state index in [-0.39, 0.29) is 24.4 Å². The lowest BCUT2D eigenvalue weighted by Gasteiger charge is -2.22. The van der Waals surface area contributed by atoms with Crippen molar-refractivity contribution in [2.75, 3.05) is 13.1 Å². The van der Waals surface area contributed by atoms with Gasteiger partial charge in [0.05, 0.1) is 6.54 Å². The second kappa shape index (κ2) is 9.02. The molecule has 1 rings (SSSR count). The largest absolute Gasteiger partial charge is 0.480 e. The normalized spacial score (nSPS) is 12.3. The zero-order valence-electron chi connectivity index (χ0n) is 14.3. The summed E-state index contributed by atoms with van der Waals surface area (Å²) in [4.78, 5) is 34.8. The molecule has 4 N–H and O–H groups in total. The predicted molar refractivity (Wildman–Crippen MR) is 90.5 cm³/mol. The highest BCUT2D eigenvalue weighted by Crippen LogP contribution is 2.04.